The molecule has 3 aliphatic heterocycles. The van der Waals surface area contributed by atoms with Crippen molar-refractivity contribution in [3.05, 3.63) is 88.7 Å². The minimum atomic E-state index is -0.244. The van der Waals surface area contributed by atoms with Crippen molar-refractivity contribution in [2.45, 2.75) is 109 Å². The first kappa shape index (κ1) is 49.2. The fraction of sp³-hybridized carbons (Fsp3) is 0.558. The van der Waals surface area contributed by atoms with E-state index >= 15 is 0 Å². The predicted octanol–water partition coefficient (Wildman–Crippen LogP) is 6.78. The first-order valence-electron chi connectivity index (χ1n) is 25.6. The van der Waals surface area contributed by atoms with Gasteiger partial charge in [-0.2, -0.15) is 14.9 Å². The molecule has 372 valence electrons. The highest BCUT2D eigenvalue weighted by molar-refractivity contribution is 6.31. The van der Waals surface area contributed by atoms with Gasteiger partial charge in [0.2, 0.25) is 11.7 Å². The number of aliphatic hydroxyl groups excluding tert-OH is 1. The van der Waals surface area contributed by atoms with E-state index in [1.807, 2.05) is 23.0 Å². The molecular weight excluding hydrogens is 906 g/mol. The number of nitrogens with zero attached hydrogens (tertiary/aromatic N) is 11. The van der Waals surface area contributed by atoms with Crippen molar-refractivity contribution in [1.29, 1.82) is 5.26 Å². The Kier molecular flexibility index (Phi) is 16.8. The van der Waals surface area contributed by atoms with Crippen LogP contribution in [0.3, 0.4) is 0 Å². The van der Waals surface area contributed by atoms with Crippen molar-refractivity contribution in [3.63, 3.8) is 0 Å². The van der Waals surface area contributed by atoms with Gasteiger partial charge in [0.1, 0.15) is 23.5 Å². The number of piperazine rings is 1. The molecule has 0 unspecified atom stereocenters. The van der Waals surface area contributed by atoms with Crippen molar-refractivity contribution in [2.24, 2.45) is 5.92 Å². The number of hydrogen-bond acceptors (Lipinski definition) is 15. The van der Waals surface area contributed by atoms with Gasteiger partial charge in [-0.3, -0.25) is 4.79 Å². The lowest BCUT2D eigenvalue weighted by Crippen LogP contribution is -2.49. The van der Waals surface area contributed by atoms with E-state index in [-0.39, 0.29) is 30.5 Å². The predicted molar refractivity (Wildman–Crippen MR) is 271 cm³/mol. The maximum absolute atomic E-state index is 13.0. The van der Waals surface area contributed by atoms with Crippen LogP contribution in [0.15, 0.2) is 61.2 Å². The number of carbonyl (C=O) groups excluding carboxylic acids is 1. The molecule has 9 rings (SSSR count). The summed E-state index contributed by atoms with van der Waals surface area (Å²) in [5.41, 5.74) is 4.44. The highest BCUT2D eigenvalue weighted by atomic mass is 35.5. The van der Waals surface area contributed by atoms with E-state index in [0.29, 0.717) is 47.3 Å². The molecule has 7 heterocycles. The molecule has 1 amide bonds. The molecule has 1 saturated carbocycles. The molecule has 1 aliphatic carbocycles. The summed E-state index contributed by atoms with van der Waals surface area (Å²) in [5, 5.41) is 30.6. The van der Waals surface area contributed by atoms with Gasteiger partial charge < -0.3 is 44.8 Å². The van der Waals surface area contributed by atoms with Gasteiger partial charge in [-0.05, 0) is 101 Å². The summed E-state index contributed by atoms with van der Waals surface area (Å²) >= 11 is 6.17. The van der Waals surface area contributed by atoms with Crippen molar-refractivity contribution >= 4 is 40.5 Å². The van der Waals surface area contributed by atoms with Gasteiger partial charge >= 0.3 is 0 Å². The summed E-state index contributed by atoms with van der Waals surface area (Å²) in [4.78, 5) is 41.5. The number of carbonyl (C=O) groups is 1. The summed E-state index contributed by atoms with van der Waals surface area (Å²) in [6, 6.07) is 13.7. The molecule has 4 fully saturated rings. The third kappa shape index (κ3) is 12.6. The number of nitrogens with one attached hydrogen (secondary N) is 2. The smallest absolute Gasteiger partial charge is 0.289 e. The minimum absolute atomic E-state index is 0.0348. The number of hydrogen-bond donors (Lipinski definition) is 3. The lowest BCUT2D eigenvalue weighted by molar-refractivity contribution is 0.0883. The number of aryl methyl sites for hydroxylation is 1. The van der Waals surface area contributed by atoms with Gasteiger partial charge in [0, 0.05) is 114 Å². The van der Waals surface area contributed by atoms with Gasteiger partial charge in [0.15, 0.2) is 5.65 Å². The fourth-order valence-corrected chi connectivity index (χ4v) is 10.7. The van der Waals surface area contributed by atoms with Crippen LogP contribution in [-0.2, 0) is 13.0 Å². The first-order chi connectivity index (χ1) is 34.3. The van der Waals surface area contributed by atoms with E-state index in [9.17, 15) is 9.90 Å². The number of rotatable bonds is 19. The second kappa shape index (κ2) is 23.9. The van der Waals surface area contributed by atoms with Crippen LogP contribution in [0.25, 0.3) is 5.65 Å². The third-order valence-electron chi connectivity index (χ3n) is 14.6. The van der Waals surface area contributed by atoms with Crippen LogP contribution in [0, 0.1) is 17.2 Å². The van der Waals surface area contributed by atoms with E-state index < -0.39 is 0 Å². The fourth-order valence-electron chi connectivity index (χ4n) is 10.5. The van der Waals surface area contributed by atoms with Crippen LogP contribution in [0.2, 0.25) is 5.02 Å². The molecule has 3 saturated heterocycles. The Balaban J connectivity index is 0.638. The molecule has 0 radical (unpaired) electrons. The quantitative estimate of drug-likeness (QED) is 0.0736. The monoisotopic (exact) mass is 974 g/mol. The molecule has 70 heavy (non-hydrogen) atoms. The van der Waals surface area contributed by atoms with Gasteiger partial charge in [0.05, 0.1) is 47.6 Å². The van der Waals surface area contributed by atoms with Gasteiger partial charge in [-0.25, -0.2) is 19.9 Å². The number of aliphatic hydroxyl groups is 1. The maximum atomic E-state index is 13.0. The normalized spacial score (nSPS) is 20.6. The lowest BCUT2D eigenvalue weighted by atomic mass is 9.93. The van der Waals surface area contributed by atoms with E-state index in [1.165, 1.54) is 6.42 Å². The lowest BCUT2D eigenvalue weighted by Gasteiger charge is -2.39. The molecule has 1 aromatic carbocycles. The van der Waals surface area contributed by atoms with Crippen LogP contribution in [0.1, 0.15) is 105 Å². The van der Waals surface area contributed by atoms with Crippen molar-refractivity contribution < 1.29 is 19.4 Å². The Morgan fingerprint density at radius 1 is 0.900 bits per heavy atom. The molecule has 0 bridgehead atoms. The zero-order valence-electron chi connectivity index (χ0n) is 40.5. The number of aromatic nitrogens is 6. The van der Waals surface area contributed by atoms with Crippen molar-refractivity contribution in [2.75, 3.05) is 87.2 Å². The number of anilines is 3. The molecule has 18 heteroatoms. The number of halogens is 1. The third-order valence-corrected chi connectivity index (χ3v) is 14.9. The number of pyridine rings is 1. The molecule has 4 aromatic heterocycles. The van der Waals surface area contributed by atoms with Crippen LogP contribution < -0.4 is 29.9 Å². The van der Waals surface area contributed by atoms with E-state index in [0.717, 1.165) is 164 Å². The molecule has 17 nitrogen and oxygen atoms in total. The van der Waals surface area contributed by atoms with E-state index in [4.69, 9.17) is 31.3 Å². The molecular formula is C52H68ClN13O4. The first-order valence-corrected chi connectivity index (χ1v) is 26.0. The highest BCUT2D eigenvalue weighted by Crippen LogP contribution is 2.31. The number of fused-ring (bicyclic) bond motifs is 1. The van der Waals surface area contributed by atoms with Crippen molar-refractivity contribution in [1.82, 2.24) is 44.7 Å². The number of piperidine rings is 2. The van der Waals surface area contributed by atoms with Crippen LogP contribution in [0.4, 0.5) is 17.3 Å². The molecule has 1 atom stereocenters. The Morgan fingerprint density at radius 3 is 2.43 bits per heavy atom. The average Bonchev–Trinajstić information content (AvgIpc) is 3.82. The molecule has 3 N–H and O–H groups in total. The van der Waals surface area contributed by atoms with E-state index in [2.05, 4.69) is 75.4 Å². The summed E-state index contributed by atoms with van der Waals surface area (Å²) in [6.45, 7) is 12.9. The minimum Gasteiger partial charge on any atom is -0.490 e. The Hall–Kier alpha value is -5.80. The Bertz CT molecular complexity index is 2510. The second-order valence-corrected chi connectivity index (χ2v) is 19.7. The Morgan fingerprint density at radius 2 is 1.70 bits per heavy atom. The topological polar surface area (TPSA) is 185 Å². The zero-order valence-corrected chi connectivity index (χ0v) is 41.3. The van der Waals surface area contributed by atoms with Crippen LogP contribution in [0.5, 0.6) is 11.6 Å². The Labute approximate surface area is 416 Å². The molecule has 5 aromatic rings. The highest BCUT2D eigenvalue weighted by Gasteiger charge is 2.28. The summed E-state index contributed by atoms with van der Waals surface area (Å²) in [5.74, 6) is 3.75. The van der Waals surface area contributed by atoms with Crippen molar-refractivity contribution in [3.8, 4) is 17.7 Å². The summed E-state index contributed by atoms with van der Waals surface area (Å²) in [6.07, 6.45) is 18.8. The largest absolute Gasteiger partial charge is 0.490 e. The summed E-state index contributed by atoms with van der Waals surface area (Å²) < 4.78 is 14.1. The van der Waals surface area contributed by atoms with Crippen LogP contribution >= 0.6 is 11.6 Å². The zero-order chi connectivity index (χ0) is 48.2. The average molecular weight is 975 g/mol. The van der Waals surface area contributed by atoms with Gasteiger partial charge in [-0.15, -0.1) is 0 Å². The number of nitriles is 1. The number of benzene rings is 1. The number of amides is 1. The van der Waals surface area contributed by atoms with Gasteiger partial charge in [-0.1, -0.05) is 24.6 Å². The van der Waals surface area contributed by atoms with E-state index in [1.54, 1.807) is 30.6 Å². The molecule has 0 spiro atoms. The standard InChI is InChI=1S/C52H68ClN13O4/c1-2-39-33-59-66-47(29-48(61-51(39)66)65-19-4-3-6-42(65)17-26-67)55-31-38-7-14-49(56-32-38)69-27-5-18-62-22-24-63(25-23-62)36-37-15-20-64(21-16-37)43-34-57-50(58-35-43)52(68)60-41-9-12-44(13-10-41)70-45-11-8-40(30-54)46(53)28-45/h7-8,11,14,28-29,32-35,37,41-42,44,55,67H,2-6,9-10,12-13,15-27,31,36H2,1H3,(H,60,68)/t41?,42-,44?/m1/s1. The second-order valence-electron chi connectivity index (χ2n) is 19.3. The van der Waals surface area contributed by atoms with Gasteiger partial charge in [0.25, 0.3) is 5.91 Å². The SMILES string of the molecule is CCc1cnn2c(NCc3ccc(OCCCN4CCN(CC5CCN(c6cnc(C(=O)NC7CCC(Oc8ccc(C#N)c(Cl)c8)CC7)nc6)CC5)CC4)nc3)cc(N3CCCC[C@@H]3CCO)nc12. The molecule has 4 aliphatic rings. The maximum Gasteiger partial charge on any atom is 0.289 e. The summed E-state index contributed by atoms with van der Waals surface area (Å²) in [7, 11) is 0. The van der Waals surface area contributed by atoms with Crippen LogP contribution in [-0.4, -0.2) is 141 Å². The number of ether oxygens (including phenoxy) is 2.